The van der Waals surface area contributed by atoms with Gasteiger partial charge in [-0.3, -0.25) is 4.98 Å². The van der Waals surface area contributed by atoms with E-state index in [4.69, 9.17) is 23.2 Å². The van der Waals surface area contributed by atoms with Crippen molar-refractivity contribution < 1.29 is 0 Å². The monoisotopic (exact) mass is 367 g/mol. The smallest absolute Gasteiger partial charge is 0.223 e. The highest BCUT2D eigenvalue weighted by molar-refractivity contribution is 6.43. The third-order valence-electron chi connectivity index (χ3n) is 3.65. The number of tetrazole rings is 1. The summed E-state index contributed by atoms with van der Waals surface area (Å²) in [5.41, 5.74) is 3.20. The minimum Gasteiger partial charge on any atom is -0.253 e. The van der Waals surface area contributed by atoms with Crippen LogP contribution in [0.2, 0.25) is 10.0 Å². The minimum absolute atomic E-state index is 0.465. The molecule has 2 aromatic heterocycles. The molecule has 7 heteroatoms. The standard InChI is InChI=1S/C18H11Cl2N5/c19-15-8-4-7-14(17(15)20)12-5-3-6-13(11-12)25-23-18(22-24-25)16-9-1-2-10-21-16/h1-11H. The molecule has 0 radical (unpaired) electrons. The van der Waals surface area contributed by atoms with Crippen LogP contribution in [0.25, 0.3) is 28.3 Å². The van der Waals surface area contributed by atoms with Crippen molar-refractivity contribution in [2.45, 2.75) is 0 Å². The van der Waals surface area contributed by atoms with Crippen molar-refractivity contribution in [1.29, 1.82) is 0 Å². The zero-order valence-electron chi connectivity index (χ0n) is 12.8. The fourth-order valence-electron chi connectivity index (χ4n) is 2.45. The Balaban J connectivity index is 1.73. The molecule has 25 heavy (non-hydrogen) atoms. The zero-order chi connectivity index (χ0) is 17.2. The Morgan fingerprint density at radius 2 is 1.76 bits per heavy atom. The molecule has 0 fully saturated rings. The molecule has 0 aliphatic carbocycles. The summed E-state index contributed by atoms with van der Waals surface area (Å²) in [5, 5.41) is 13.6. The highest BCUT2D eigenvalue weighted by Gasteiger charge is 2.11. The van der Waals surface area contributed by atoms with E-state index in [9.17, 15) is 0 Å². The number of hydrogen-bond donors (Lipinski definition) is 0. The predicted molar refractivity (Wildman–Crippen MR) is 97.8 cm³/mol. The second kappa shape index (κ2) is 6.63. The molecule has 0 unspecified atom stereocenters. The molecule has 2 aromatic carbocycles. The predicted octanol–water partition coefficient (Wildman–Crippen LogP) is 4.70. The Labute approximate surface area is 153 Å². The molecule has 0 aliphatic heterocycles. The average molecular weight is 368 g/mol. The van der Waals surface area contributed by atoms with Gasteiger partial charge in [0.1, 0.15) is 5.69 Å². The van der Waals surface area contributed by atoms with Crippen molar-refractivity contribution >= 4 is 23.2 Å². The highest BCUT2D eigenvalue weighted by atomic mass is 35.5. The van der Waals surface area contributed by atoms with Gasteiger partial charge < -0.3 is 0 Å². The van der Waals surface area contributed by atoms with Crippen molar-refractivity contribution in [2.75, 3.05) is 0 Å². The number of halogens is 2. The summed E-state index contributed by atoms with van der Waals surface area (Å²) in [6, 6.07) is 18.8. The fraction of sp³-hybridized carbons (Fsp3) is 0. The van der Waals surface area contributed by atoms with Gasteiger partial charge in [0.25, 0.3) is 0 Å². The first-order valence-corrected chi connectivity index (χ1v) is 8.24. The van der Waals surface area contributed by atoms with Gasteiger partial charge in [-0.15, -0.1) is 15.0 Å². The molecule has 2 heterocycles. The molecule has 0 amide bonds. The second-order valence-electron chi connectivity index (χ2n) is 5.27. The van der Waals surface area contributed by atoms with E-state index in [0.29, 0.717) is 21.6 Å². The molecule has 0 saturated carbocycles. The molecule has 0 bridgehead atoms. The SMILES string of the molecule is Clc1cccc(-c2cccc(-n3nnc(-c4ccccn4)n3)c2)c1Cl. The summed E-state index contributed by atoms with van der Waals surface area (Å²) in [4.78, 5) is 5.70. The topological polar surface area (TPSA) is 56.5 Å². The van der Waals surface area contributed by atoms with E-state index in [1.807, 2.05) is 54.6 Å². The van der Waals surface area contributed by atoms with Gasteiger partial charge >= 0.3 is 0 Å². The van der Waals surface area contributed by atoms with Gasteiger partial charge in [-0.25, -0.2) is 0 Å². The van der Waals surface area contributed by atoms with Gasteiger partial charge in [-0.05, 0) is 41.1 Å². The van der Waals surface area contributed by atoms with Crippen molar-refractivity contribution in [3.63, 3.8) is 0 Å². The van der Waals surface area contributed by atoms with Crippen molar-refractivity contribution in [3.8, 4) is 28.3 Å². The van der Waals surface area contributed by atoms with E-state index in [1.54, 1.807) is 12.3 Å². The molecule has 0 atom stereocenters. The molecule has 0 saturated heterocycles. The first kappa shape index (κ1) is 15.7. The molecule has 0 spiro atoms. The lowest BCUT2D eigenvalue weighted by Crippen LogP contribution is -1.99. The lowest BCUT2D eigenvalue weighted by molar-refractivity contribution is 0.720. The van der Waals surface area contributed by atoms with Gasteiger partial charge in [0.15, 0.2) is 0 Å². The van der Waals surface area contributed by atoms with Gasteiger partial charge in [-0.2, -0.15) is 0 Å². The fourth-order valence-corrected chi connectivity index (χ4v) is 2.86. The van der Waals surface area contributed by atoms with Gasteiger partial charge in [0, 0.05) is 11.8 Å². The lowest BCUT2D eigenvalue weighted by Gasteiger charge is -2.07. The summed E-state index contributed by atoms with van der Waals surface area (Å²) in [7, 11) is 0. The number of rotatable bonds is 3. The average Bonchev–Trinajstić information content (AvgIpc) is 3.15. The number of pyridine rings is 1. The maximum absolute atomic E-state index is 6.32. The summed E-state index contributed by atoms with van der Waals surface area (Å²) < 4.78 is 0. The Kier molecular flexibility index (Phi) is 4.17. The normalized spacial score (nSPS) is 10.8. The molecule has 122 valence electrons. The van der Waals surface area contributed by atoms with Crippen LogP contribution in [0.4, 0.5) is 0 Å². The molecule has 0 aliphatic rings. The molecule has 4 rings (SSSR count). The van der Waals surface area contributed by atoms with Crippen molar-refractivity contribution in [3.05, 3.63) is 76.9 Å². The quantitative estimate of drug-likeness (QED) is 0.526. The van der Waals surface area contributed by atoms with Crippen LogP contribution in [0.15, 0.2) is 66.9 Å². The molecule has 0 N–H and O–H groups in total. The van der Waals surface area contributed by atoms with E-state index in [0.717, 1.165) is 16.8 Å². The highest BCUT2D eigenvalue weighted by Crippen LogP contribution is 2.34. The summed E-state index contributed by atoms with van der Waals surface area (Å²) in [6.07, 6.45) is 1.69. The van der Waals surface area contributed by atoms with E-state index >= 15 is 0 Å². The lowest BCUT2D eigenvalue weighted by atomic mass is 10.1. The third kappa shape index (κ3) is 3.12. The first-order chi connectivity index (χ1) is 12.2. The van der Waals surface area contributed by atoms with Crippen LogP contribution in [0, 0.1) is 0 Å². The zero-order valence-corrected chi connectivity index (χ0v) is 14.4. The molecular weight excluding hydrogens is 357 g/mol. The second-order valence-corrected chi connectivity index (χ2v) is 6.05. The molecule has 4 aromatic rings. The number of benzene rings is 2. The van der Waals surface area contributed by atoms with E-state index in [2.05, 4.69) is 20.4 Å². The van der Waals surface area contributed by atoms with Crippen molar-refractivity contribution in [2.24, 2.45) is 0 Å². The number of aromatic nitrogens is 5. The van der Waals surface area contributed by atoms with Gasteiger partial charge in [0.2, 0.25) is 5.82 Å². The Hall–Kier alpha value is -2.76. The maximum atomic E-state index is 6.32. The van der Waals surface area contributed by atoms with Crippen LogP contribution < -0.4 is 0 Å². The van der Waals surface area contributed by atoms with Crippen LogP contribution in [0.5, 0.6) is 0 Å². The molecular formula is C18H11Cl2N5. The van der Waals surface area contributed by atoms with Crippen LogP contribution in [-0.2, 0) is 0 Å². The van der Waals surface area contributed by atoms with E-state index < -0.39 is 0 Å². The minimum atomic E-state index is 0.465. The van der Waals surface area contributed by atoms with Crippen molar-refractivity contribution in [1.82, 2.24) is 25.2 Å². The van der Waals surface area contributed by atoms with Crippen LogP contribution in [-0.4, -0.2) is 25.2 Å². The Bertz CT molecular complexity index is 1030. The van der Waals surface area contributed by atoms with Gasteiger partial charge in [0.05, 0.1) is 15.7 Å². The number of nitrogens with zero attached hydrogens (tertiary/aromatic N) is 5. The summed E-state index contributed by atoms with van der Waals surface area (Å²) in [6.45, 7) is 0. The van der Waals surface area contributed by atoms with Gasteiger partial charge in [-0.1, -0.05) is 53.5 Å². The maximum Gasteiger partial charge on any atom is 0.223 e. The Morgan fingerprint density at radius 3 is 2.60 bits per heavy atom. The summed E-state index contributed by atoms with van der Waals surface area (Å²) >= 11 is 12.4. The first-order valence-electron chi connectivity index (χ1n) is 7.48. The largest absolute Gasteiger partial charge is 0.253 e. The Morgan fingerprint density at radius 1 is 0.880 bits per heavy atom. The van der Waals surface area contributed by atoms with Crippen LogP contribution in [0.1, 0.15) is 0 Å². The van der Waals surface area contributed by atoms with Crippen LogP contribution in [0.3, 0.4) is 0 Å². The third-order valence-corrected chi connectivity index (χ3v) is 4.47. The van der Waals surface area contributed by atoms with Crippen LogP contribution >= 0.6 is 23.2 Å². The number of hydrogen-bond acceptors (Lipinski definition) is 4. The molecule has 5 nitrogen and oxygen atoms in total. The summed E-state index contributed by atoms with van der Waals surface area (Å²) in [5.74, 6) is 0.465. The van der Waals surface area contributed by atoms with E-state index in [1.165, 1.54) is 4.80 Å². The van der Waals surface area contributed by atoms with E-state index in [-0.39, 0.29) is 0 Å².